The van der Waals surface area contributed by atoms with Gasteiger partial charge in [0.25, 0.3) is 0 Å². The van der Waals surface area contributed by atoms with Crippen LogP contribution in [-0.4, -0.2) is 37.2 Å². The van der Waals surface area contributed by atoms with Crippen molar-refractivity contribution >= 4 is 27.3 Å². The van der Waals surface area contributed by atoms with Gasteiger partial charge in [-0.1, -0.05) is 29.8 Å². The highest BCUT2D eigenvalue weighted by Gasteiger charge is 2.24. The zero-order valence-electron chi connectivity index (χ0n) is 15.4. The molecule has 8 heteroatoms. The Morgan fingerprint density at radius 1 is 1.11 bits per heavy atom. The molecule has 1 N–H and O–H groups in total. The number of benzene rings is 1. The van der Waals surface area contributed by atoms with E-state index >= 15 is 0 Å². The number of carbonyl (C=O) groups is 1. The molecular formula is C20H23ClN2O4S. The molecule has 0 bridgehead atoms. The third kappa shape index (κ3) is 5.94. The molecular weight excluding hydrogens is 400 g/mol. The Balaban J connectivity index is 1.40. The van der Waals surface area contributed by atoms with E-state index in [0.717, 1.165) is 25.7 Å². The molecule has 1 amide bonds. The molecule has 0 saturated heterocycles. The van der Waals surface area contributed by atoms with Crippen molar-refractivity contribution in [3.05, 3.63) is 53.7 Å². The second kappa shape index (κ2) is 9.39. The van der Waals surface area contributed by atoms with Crippen molar-refractivity contribution in [3.63, 3.8) is 0 Å². The third-order valence-electron chi connectivity index (χ3n) is 4.73. The molecule has 0 unspecified atom stereocenters. The molecule has 1 heterocycles. The van der Waals surface area contributed by atoms with Crippen LogP contribution >= 0.6 is 11.6 Å². The van der Waals surface area contributed by atoms with E-state index in [4.69, 9.17) is 16.3 Å². The number of rotatable bonds is 7. The highest BCUT2D eigenvalue weighted by atomic mass is 35.5. The van der Waals surface area contributed by atoms with Gasteiger partial charge in [-0.2, -0.15) is 0 Å². The summed E-state index contributed by atoms with van der Waals surface area (Å²) in [7, 11) is -3.44. The number of nitrogens with one attached hydrogen (secondary N) is 1. The van der Waals surface area contributed by atoms with Crippen LogP contribution in [0.25, 0.3) is 0 Å². The van der Waals surface area contributed by atoms with Gasteiger partial charge in [0.05, 0.1) is 15.7 Å². The Hall–Kier alpha value is -2.12. The lowest BCUT2D eigenvalue weighted by Crippen LogP contribution is -2.40. The molecule has 2 aromatic rings. The molecule has 1 aliphatic rings. The standard InChI is InChI=1S/C20H23ClN2O4S/c21-15-6-11-20(22-14-15)27-17-9-7-16(8-10-17)23-19(24)12-13-28(25,26)18-4-2-1-3-5-18/h1-6,11,14,16-17H,7-10,12-13H2,(H,23,24). The number of nitrogens with zero attached hydrogens (tertiary/aromatic N) is 1. The first-order chi connectivity index (χ1) is 13.4. The van der Waals surface area contributed by atoms with Crippen LogP contribution < -0.4 is 10.1 Å². The summed E-state index contributed by atoms with van der Waals surface area (Å²) in [6.45, 7) is 0. The van der Waals surface area contributed by atoms with Crippen LogP contribution in [0.4, 0.5) is 0 Å². The number of carbonyl (C=O) groups excluding carboxylic acids is 1. The number of aromatic nitrogens is 1. The minimum absolute atomic E-state index is 0.0393. The van der Waals surface area contributed by atoms with Crippen LogP contribution in [-0.2, 0) is 14.6 Å². The van der Waals surface area contributed by atoms with E-state index in [9.17, 15) is 13.2 Å². The van der Waals surface area contributed by atoms with E-state index in [2.05, 4.69) is 10.3 Å². The highest BCUT2D eigenvalue weighted by molar-refractivity contribution is 7.91. The van der Waals surface area contributed by atoms with Gasteiger partial charge in [0.15, 0.2) is 9.84 Å². The Morgan fingerprint density at radius 2 is 1.82 bits per heavy atom. The maximum Gasteiger partial charge on any atom is 0.221 e. The van der Waals surface area contributed by atoms with Gasteiger partial charge >= 0.3 is 0 Å². The molecule has 6 nitrogen and oxygen atoms in total. The normalized spacial score (nSPS) is 19.8. The van der Waals surface area contributed by atoms with Gasteiger partial charge in [-0.05, 0) is 43.9 Å². The van der Waals surface area contributed by atoms with Gasteiger partial charge in [-0.25, -0.2) is 13.4 Å². The molecule has 0 aliphatic heterocycles. The van der Waals surface area contributed by atoms with E-state index in [1.165, 1.54) is 0 Å². The predicted octanol–water partition coefficient (Wildman–Crippen LogP) is 3.41. The van der Waals surface area contributed by atoms with Gasteiger partial charge in [0, 0.05) is 24.7 Å². The number of amides is 1. The largest absolute Gasteiger partial charge is 0.474 e. The maximum absolute atomic E-state index is 12.3. The van der Waals surface area contributed by atoms with Crippen molar-refractivity contribution in [3.8, 4) is 5.88 Å². The summed E-state index contributed by atoms with van der Waals surface area (Å²) in [5, 5.41) is 3.51. The minimum Gasteiger partial charge on any atom is -0.474 e. The van der Waals surface area contributed by atoms with Crippen molar-refractivity contribution in [1.29, 1.82) is 0 Å². The first-order valence-corrected chi connectivity index (χ1v) is 11.3. The van der Waals surface area contributed by atoms with Crippen molar-refractivity contribution < 1.29 is 17.9 Å². The van der Waals surface area contributed by atoms with Crippen LogP contribution in [0, 0.1) is 0 Å². The summed E-state index contributed by atoms with van der Waals surface area (Å²) < 4.78 is 30.4. The van der Waals surface area contributed by atoms with Crippen LogP contribution in [0.5, 0.6) is 5.88 Å². The monoisotopic (exact) mass is 422 g/mol. The molecule has 28 heavy (non-hydrogen) atoms. The number of sulfone groups is 1. The number of hydrogen-bond acceptors (Lipinski definition) is 5. The second-order valence-corrected chi connectivity index (χ2v) is 9.40. The van der Waals surface area contributed by atoms with E-state index in [1.807, 2.05) is 0 Å². The number of hydrogen-bond donors (Lipinski definition) is 1. The third-order valence-corrected chi connectivity index (χ3v) is 6.68. The van der Waals surface area contributed by atoms with E-state index < -0.39 is 9.84 Å². The van der Waals surface area contributed by atoms with Crippen molar-refractivity contribution in [2.24, 2.45) is 0 Å². The summed E-state index contributed by atoms with van der Waals surface area (Å²) in [5.41, 5.74) is 0. The fraction of sp³-hybridized carbons (Fsp3) is 0.400. The second-order valence-electron chi connectivity index (χ2n) is 6.86. The van der Waals surface area contributed by atoms with Crippen molar-refractivity contribution in [2.75, 3.05) is 5.75 Å². The lowest BCUT2D eigenvalue weighted by Gasteiger charge is -2.29. The quantitative estimate of drug-likeness (QED) is 0.739. The lowest BCUT2D eigenvalue weighted by molar-refractivity contribution is -0.121. The zero-order chi connectivity index (χ0) is 20.0. The molecule has 0 radical (unpaired) electrons. The Bertz CT molecular complexity index is 880. The van der Waals surface area contributed by atoms with Gasteiger partial charge in [-0.15, -0.1) is 0 Å². The Labute approximate surface area is 170 Å². The van der Waals surface area contributed by atoms with Gasteiger partial charge < -0.3 is 10.1 Å². The first-order valence-electron chi connectivity index (χ1n) is 9.28. The van der Waals surface area contributed by atoms with Crippen molar-refractivity contribution in [2.45, 2.75) is 49.1 Å². The van der Waals surface area contributed by atoms with Crippen LogP contribution in [0.1, 0.15) is 32.1 Å². The summed E-state index contributed by atoms with van der Waals surface area (Å²) >= 11 is 5.81. The molecule has 1 saturated carbocycles. The average molecular weight is 423 g/mol. The summed E-state index contributed by atoms with van der Waals surface area (Å²) in [5.74, 6) is 0.120. The Morgan fingerprint density at radius 3 is 2.46 bits per heavy atom. The zero-order valence-corrected chi connectivity index (χ0v) is 17.0. The van der Waals surface area contributed by atoms with Crippen LogP contribution in [0.2, 0.25) is 5.02 Å². The molecule has 150 valence electrons. The van der Waals surface area contributed by atoms with E-state index in [-0.39, 0.29) is 35.1 Å². The molecule has 0 spiro atoms. The molecule has 1 aromatic carbocycles. The minimum atomic E-state index is -3.44. The lowest BCUT2D eigenvalue weighted by atomic mass is 9.93. The molecule has 1 fully saturated rings. The maximum atomic E-state index is 12.3. The van der Waals surface area contributed by atoms with Gasteiger partial charge in [-0.3, -0.25) is 4.79 Å². The van der Waals surface area contributed by atoms with E-state index in [1.54, 1.807) is 48.7 Å². The fourth-order valence-corrected chi connectivity index (χ4v) is 4.57. The summed E-state index contributed by atoms with van der Waals surface area (Å²) in [6, 6.07) is 11.7. The van der Waals surface area contributed by atoms with Gasteiger partial charge in [0.2, 0.25) is 11.8 Å². The smallest absolute Gasteiger partial charge is 0.221 e. The molecule has 0 atom stereocenters. The van der Waals surface area contributed by atoms with Gasteiger partial charge in [0.1, 0.15) is 6.10 Å². The van der Waals surface area contributed by atoms with Crippen LogP contribution in [0.3, 0.4) is 0 Å². The number of halogens is 1. The Kier molecular flexibility index (Phi) is 6.91. The first kappa shape index (κ1) is 20.6. The number of pyridine rings is 1. The predicted molar refractivity (Wildman–Crippen MR) is 107 cm³/mol. The number of ether oxygens (including phenoxy) is 1. The SMILES string of the molecule is O=C(CCS(=O)(=O)c1ccccc1)NC1CCC(Oc2ccc(Cl)cn2)CC1. The molecule has 1 aromatic heterocycles. The summed E-state index contributed by atoms with van der Waals surface area (Å²) in [6.07, 6.45) is 4.74. The average Bonchev–Trinajstić information content (AvgIpc) is 2.70. The highest BCUT2D eigenvalue weighted by Crippen LogP contribution is 2.23. The molecule has 3 rings (SSSR count). The fourth-order valence-electron chi connectivity index (χ4n) is 3.20. The van der Waals surface area contributed by atoms with Crippen molar-refractivity contribution in [1.82, 2.24) is 10.3 Å². The summed E-state index contributed by atoms with van der Waals surface area (Å²) in [4.78, 5) is 16.5. The molecule has 1 aliphatic carbocycles. The topological polar surface area (TPSA) is 85.4 Å². The van der Waals surface area contributed by atoms with E-state index in [0.29, 0.717) is 10.9 Å². The van der Waals surface area contributed by atoms with Crippen LogP contribution in [0.15, 0.2) is 53.6 Å².